The molecule has 0 fully saturated rings. The lowest BCUT2D eigenvalue weighted by molar-refractivity contribution is -0.151. The fourth-order valence-corrected chi connectivity index (χ4v) is 8.49. The van der Waals surface area contributed by atoms with Gasteiger partial charge >= 0.3 is 5.97 Å². The van der Waals surface area contributed by atoms with Crippen LogP contribution in [0, 0.1) is 0 Å². The lowest BCUT2D eigenvalue weighted by Crippen LogP contribution is -2.46. The smallest absolute Gasteiger partial charge is 0.306 e. The van der Waals surface area contributed by atoms with E-state index in [1.807, 2.05) is 0 Å². The minimum absolute atomic E-state index is 0.0739. The summed E-state index contributed by atoms with van der Waals surface area (Å²) < 4.78 is 5.94. The van der Waals surface area contributed by atoms with Crippen molar-refractivity contribution in [2.45, 2.75) is 315 Å². The third-order valence-electron chi connectivity index (χ3n) is 12.6. The lowest BCUT2D eigenvalue weighted by atomic mass is 10.0. The van der Waals surface area contributed by atoms with Crippen LogP contribution in [-0.4, -0.2) is 46.9 Å². The number of hydrogen-bond acceptors (Lipinski definition) is 5. The number of esters is 1. The van der Waals surface area contributed by atoms with E-state index < -0.39 is 18.2 Å². The summed E-state index contributed by atoms with van der Waals surface area (Å²) in [5.41, 5.74) is 0. The molecule has 0 aliphatic rings. The third kappa shape index (κ3) is 43.3. The number of hydrogen-bond donors (Lipinski definition) is 3. The van der Waals surface area contributed by atoms with Gasteiger partial charge in [-0.15, -0.1) is 0 Å². The molecule has 0 heterocycles. The molecule has 0 radical (unpaired) electrons. The minimum atomic E-state index is -0.784. The van der Waals surface area contributed by atoms with Crippen molar-refractivity contribution in [3.05, 3.63) is 12.2 Å². The van der Waals surface area contributed by atoms with E-state index in [-0.39, 0.29) is 24.9 Å². The second kappa shape index (κ2) is 48.6. The Morgan fingerprint density at radius 1 is 0.467 bits per heavy atom. The Kier molecular flexibility index (Phi) is 47.5. The van der Waals surface area contributed by atoms with Gasteiger partial charge in [-0.2, -0.15) is 0 Å². The largest absolute Gasteiger partial charge is 0.462 e. The Hall–Kier alpha value is -1.40. The highest BCUT2D eigenvalue weighted by Gasteiger charge is 2.24. The number of unbranched alkanes of at least 4 members (excludes halogenated alkanes) is 35. The molecule has 0 saturated heterocycles. The summed E-state index contributed by atoms with van der Waals surface area (Å²) in [6.45, 7) is 6.49. The second-order valence-corrected chi connectivity index (χ2v) is 18.6. The highest BCUT2D eigenvalue weighted by molar-refractivity contribution is 5.77. The van der Waals surface area contributed by atoms with E-state index in [0.717, 1.165) is 64.2 Å². The van der Waals surface area contributed by atoms with E-state index in [2.05, 4.69) is 38.2 Å². The van der Waals surface area contributed by atoms with E-state index >= 15 is 0 Å². The Bertz CT molecular complexity index is 909. The van der Waals surface area contributed by atoms with Crippen LogP contribution in [0.4, 0.5) is 0 Å². The molecule has 3 atom stereocenters. The predicted molar refractivity (Wildman–Crippen MR) is 260 cm³/mol. The van der Waals surface area contributed by atoms with Crippen molar-refractivity contribution in [1.82, 2.24) is 5.32 Å². The fraction of sp³-hybridized carbons (Fsp3) is 0.926. The molecule has 3 N–H and O–H groups in total. The van der Waals surface area contributed by atoms with Crippen molar-refractivity contribution >= 4 is 11.9 Å². The zero-order valence-electron chi connectivity index (χ0n) is 40.6. The average Bonchev–Trinajstić information content (AvgIpc) is 3.24. The first-order valence-electron chi connectivity index (χ1n) is 26.9. The molecule has 6 nitrogen and oxygen atoms in total. The summed E-state index contributed by atoms with van der Waals surface area (Å²) in [4.78, 5) is 26.1. The van der Waals surface area contributed by atoms with E-state index in [9.17, 15) is 19.8 Å². The van der Waals surface area contributed by atoms with Gasteiger partial charge in [-0.3, -0.25) is 9.59 Å². The number of rotatable bonds is 49. The molecular formula is C54H105NO5. The number of aliphatic hydroxyl groups is 2. The molecule has 0 spiro atoms. The number of carbonyl (C=O) groups is 2. The van der Waals surface area contributed by atoms with Crippen LogP contribution in [0.2, 0.25) is 0 Å². The maximum atomic E-state index is 13.2. The summed E-state index contributed by atoms with van der Waals surface area (Å²) in [6.07, 6.45) is 54.3. The van der Waals surface area contributed by atoms with Crippen molar-refractivity contribution < 1.29 is 24.5 Å². The Labute approximate surface area is 374 Å². The average molecular weight is 848 g/mol. The van der Waals surface area contributed by atoms with Crippen LogP contribution >= 0.6 is 0 Å². The summed E-state index contributed by atoms with van der Waals surface area (Å²) in [5, 5.41) is 23.7. The quantitative estimate of drug-likeness (QED) is 0.0322. The van der Waals surface area contributed by atoms with Gasteiger partial charge in [-0.25, -0.2) is 0 Å². The number of amides is 1. The molecule has 0 aliphatic carbocycles. The van der Waals surface area contributed by atoms with Gasteiger partial charge in [0.1, 0.15) is 6.10 Å². The number of nitrogens with one attached hydrogen (secondary N) is 1. The Morgan fingerprint density at radius 3 is 1.20 bits per heavy atom. The third-order valence-corrected chi connectivity index (χ3v) is 12.6. The molecule has 356 valence electrons. The van der Waals surface area contributed by atoms with Gasteiger partial charge in [0, 0.05) is 6.42 Å². The minimum Gasteiger partial charge on any atom is -0.462 e. The van der Waals surface area contributed by atoms with Crippen molar-refractivity contribution in [2.75, 3.05) is 6.61 Å². The number of carbonyl (C=O) groups excluding carboxylic acids is 2. The zero-order chi connectivity index (χ0) is 43.8. The Morgan fingerprint density at radius 2 is 0.800 bits per heavy atom. The van der Waals surface area contributed by atoms with Crippen LogP contribution in [0.25, 0.3) is 0 Å². The summed E-state index contributed by atoms with van der Waals surface area (Å²) >= 11 is 0. The number of allylic oxidation sites excluding steroid dienone is 2. The summed E-state index contributed by atoms with van der Waals surface area (Å²) in [5.74, 6) is -0.471. The fourth-order valence-electron chi connectivity index (χ4n) is 8.49. The maximum Gasteiger partial charge on any atom is 0.306 e. The molecule has 0 aromatic heterocycles. The summed E-state index contributed by atoms with van der Waals surface area (Å²) in [6, 6.07) is -0.699. The first kappa shape index (κ1) is 58.6. The second-order valence-electron chi connectivity index (χ2n) is 18.6. The first-order valence-corrected chi connectivity index (χ1v) is 26.9. The first-order chi connectivity index (χ1) is 29.5. The number of ether oxygens (including phenoxy) is 1. The van der Waals surface area contributed by atoms with Crippen molar-refractivity contribution in [3.8, 4) is 0 Å². The molecule has 0 aliphatic heterocycles. The van der Waals surface area contributed by atoms with Gasteiger partial charge < -0.3 is 20.3 Å². The van der Waals surface area contributed by atoms with Gasteiger partial charge in [0.2, 0.25) is 5.91 Å². The summed E-state index contributed by atoms with van der Waals surface area (Å²) in [7, 11) is 0. The highest BCUT2D eigenvalue weighted by atomic mass is 16.5. The van der Waals surface area contributed by atoms with Crippen LogP contribution in [0.3, 0.4) is 0 Å². The van der Waals surface area contributed by atoms with Gasteiger partial charge in [0.25, 0.3) is 0 Å². The molecule has 0 saturated carbocycles. The van der Waals surface area contributed by atoms with Crippen LogP contribution in [0.1, 0.15) is 297 Å². The lowest BCUT2D eigenvalue weighted by Gasteiger charge is -2.24. The standard InChI is InChI=1S/C54H105NO5/c1-4-7-10-13-16-19-21-23-25-26-27-28-30-32-35-38-41-44-47-54(59)60-50(45-42-39-36-34-31-29-24-22-20-17-14-11-8-5-2)48-53(58)55-51(49-56)52(57)46-43-40-37-33-18-15-12-9-6-3/h29,31,50-52,56-57H,4-28,30,32-49H2,1-3H3,(H,55,58)/b31-29+. The molecule has 0 rings (SSSR count). The monoisotopic (exact) mass is 848 g/mol. The topological polar surface area (TPSA) is 95.9 Å². The molecular weight excluding hydrogens is 743 g/mol. The van der Waals surface area contributed by atoms with E-state index in [4.69, 9.17) is 4.74 Å². The normalized spacial score (nSPS) is 13.2. The maximum absolute atomic E-state index is 13.2. The van der Waals surface area contributed by atoms with Crippen LogP contribution in [-0.2, 0) is 14.3 Å². The zero-order valence-corrected chi connectivity index (χ0v) is 40.6. The van der Waals surface area contributed by atoms with Gasteiger partial charge in [-0.05, 0) is 51.4 Å². The van der Waals surface area contributed by atoms with Crippen molar-refractivity contribution in [1.29, 1.82) is 0 Å². The van der Waals surface area contributed by atoms with Gasteiger partial charge in [0.05, 0.1) is 25.2 Å². The molecule has 0 bridgehead atoms. The van der Waals surface area contributed by atoms with E-state index in [1.165, 1.54) is 186 Å². The van der Waals surface area contributed by atoms with Crippen molar-refractivity contribution in [2.24, 2.45) is 0 Å². The van der Waals surface area contributed by atoms with Gasteiger partial charge in [-0.1, -0.05) is 245 Å². The van der Waals surface area contributed by atoms with E-state index in [1.54, 1.807) is 0 Å². The molecule has 3 unspecified atom stereocenters. The molecule has 1 amide bonds. The van der Waals surface area contributed by atoms with E-state index in [0.29, 0.717) is 19.3 Å². The highest BCUT2D eigenvalue weighted by Crippen LogP contribution is 2.18. The molecule has 60 heavy (non-hydrogen) atoms. The molecule has 6 heteroatoms. The predicted octanol–water partition coefficient (Wildman–Crippen LogP) is 16.1. The van der Waals surface area contributed by atoms with Crippen molar-refractivity contribution in [3.63, 3.8) is 0 Å². The van der Waals surface area contributed by atoms with Gasteiger partial charge in [0.15, 0.2) is 0 Å². The molecule has 0 aromatic carbocycles. The molecule has 0 aromatic rings. The van der Waals surface area contributed by atoms with Crippen LogP contribution < -0.4 is 5.32 Å². The Balaban J connectivity index is 4.49. The van der Waals surface area contributed by atoms with Crippen LogP contribution in [0.15, 0.2) is 12.2 Å². The SMILES string of the molecule is CCCCCCCCC/C=C/CCCCCC(CC(=O)NC(CO)C(O)CCCCCCCCCCC)OC(=O)CCCCCCCCCCCCCCCCCCCC. The number of aliphatic hydroxyl groups excluding tert-OH is 2. The van der Waals surface area contributed by atoms with Crippen LogP contribution in [0.5, 0.6) is 0 Å².